The summed E-state index contributed by atoms with van der Waals surface area (Å²) >= 11 is 0. The molecule has 3 heterocycles. The second-order valence-corrected chi connectivity index (χ2v) is 12.8. The SMILES string of the molecule is CC(F)(F)CN1CCC(N2C[C@H]3C[C@@]3(c3ccc(-c4cnc(N)c(C(=O)NC5CCC(O)CC5)c4)cc3)C2)CC1. The van der Waals surface area contributed by atoms with Crippen LogP contribution >= 0.6 is 0 Å². The summed E-state index contributed by atoms with van der Waals surface area (Å²) in [5, 5.41) is 12.8. The minimum atomic E-state index is -2.63. The number of carbonyl (C=O) groups excluding carboxylic acids is 1. The molecule has 0 radical (unpaired) electrons. The Labute approximate surface area is 235 Å². The number of hydrogen-bond acceptors (Lipinski definition) is 6. The number of anilines is 1. The summed E-state index contributed by atoms with van der Waals surface area (Å²) in [6, 6.07) is 11.0. The zero-order valence-electron chi connectivity index (χ0n) is 23.3. The number of rotatable bonds is 7. The van der Waals surface area contributed by atoms with Crippen LogP contribution in [0.3, 0.4) is 0 Å². The number of likely N-dealkylation sites (tertiary alicyclic amines) is 2. The van der Waals surface area contributed by atoms with Crippen molar-refractivity contribution in [1.29, 1.82) is 0 Å². The third-order valence-corrected chi connectivity index (χ3v) is 9.74. The highest BCUT2D eigenvalue weighted by Crippen LogP contribution is 2.59. The molecule has 2 aliphatic carbocycles. The number of pyridine rings is 1. The predicted octanol–water partition coefficient (Wildman–Crippen LogP) is 4.06. The maximum atomic E-state index is 13.4. The fraction of sp³-hybridized carbons (Fsp3) is 0.613. The van der Waals surface area contributed by atoms with Gasteiger partial charge in [0.1, 0.15) is 5.82 Å². The van der Waals surface area contributed by atoms with Crippen molar-refractivity contribution in [2.24, 2.45) is 5.92 Å². The molecule has 2 aliphatic heterocycles. The number of hydrogen-bond donors (Lipinski definition) is 3. The van der Waals surface area contributed by atoms with E-state index in [-0.39, 0.29) is 35.8 Å². The second-order valence-electron chi connectivity index (χ2n) is 12.8. The number of aromatic nitrogens is 1. The van der Waals surface area contributed by atoms with Gasteiger partial charge in [0.15, 0.2) is 0 Å². The van der Waals surface area contributed by atoms with Crippen molar-refractivity contribution in [3.63, 3.8) is 0 Å². The lowest BCUT2D eigenvalue weighted by Gasteiger charge is -2.38. The van der Waals surface area contributed by atoms with Crippen molar-refractivity contribution in [3.05, 3.63) is 47.7 Å². The standard InChI is InChI=1S/C31H41F2N5O2/c1-30(32,33)18-37-12-10-25(11-13-37)38-17-23-15-31(23,19-38)22-4-2-20(3-5-22)21-14-27(28(34)35-16-21)29(40)36-24-6-8-26(39)9-7-24/h2-5,14,16,23-26,39H,6-13,15,17-19H2,1H3,(H2,34,35)(H,36,40)/t23-,24?,26?,31+/m1/s1. The molecular weight excluding hydrogens is 512 g/mol. The van der Waals surface area contributed by atoms with Crippen LogP contribution in [0.5, 0.6) is 0 Å². The number of aliphatic hydroxyl groups excluding tert-OH is 1. The number of nitrogens with two attached hydrogens (primary N) is 1. The van der Waals surface area contributed by atoms with E-state index in [1.807, 2.05) is 11.0 Å². The molecule has 6 rings (SSSR count). The first kappa shape index (κ1) is 27.5. The summed E-state index contributed by atoms with van der Waals surface area (Å²) < 4.78 is 26.8. The summed E-state index contributed by atoms with van der Waals surface area (Å²) in [6.45, 7) is 4.49. The Morgan fingerprint density at radius 3 is 2.50 bits per heavy atom. The van der Waals surface area contributed by atoms with Gasteiger partial charge in [-0.1, -0.05) is 24.3 Å². The van der Waals surface area contributed by atoms with Gasteiger partial charge in [-0.15, -0.1) is 0 Å². The summed E-state index contributed by atoms with van der Waals surface area (Å²) in [5.74, 6) is -1.97. The summed E-state index contributed by atoms with van der Waals surface area (Å²) in [6.07, 6.45) is 7.49. The Kier molecular flexibility index (Phi) is 7.34. The number of piperidine rings is 2. The van der Waals surface area contributed by atoms with Gasteiger partial charge in [-0.2, -0.15) is 0 Å². The number of carbonyl (C=O) groups is 1. The van der Waals surface area contributed by atoms with Gasteiger partial charge in [0, 0.05) is 49.3 Å². The van der Waals surface area contributed by atoms with E-state index in [9.17, 15) is 18.7 Å². The van der Waals surface area contributed by atoms with Crippen molar-refractivity contribution in [2.45, 2.75) is 81.4 Å². The number of benzene rings is 1. The Balaban J connectivity index is 1.08. The van der Waals surface area contributed by atoms with Gasteiger partial charge in [-0.05, 0) is 81.1 Å². The van der Waals surface area contributed by atoms with E-state index < -0.39 is 5.92 Å². The molecule has 2 aromatic rings. The number of nitrogens with one attached hydrogen (secondary N) is 1. The summed E-state index contributed by atoms with van der Waals surface area (Å²) in [7, 11) is 0. The van der Waals surface area contributed by atoms with E-state index in [1.54, 1.807) is 6.20 Å². The molecule has 4 N–H and O–H groups in total. The first-order valence-electron chi connectivity index (χ1n) is 14.8. The lowest BCUT2D eigenvalue weighted by molar-refractivity contribution is -0.0251. The van der Waals surface area contributed by atoms with Crippen molar-refractivity contribution in [1.82, 2.24) is 20.1 Å². The quantitative estimate of drug-likeness (QED) is 0.479. The van der Waals surface area contributed by atoms with Crippen LogP contribution in [-0.4, -0.2) is 82.6 Å². The molecule has 2 saturated heterocycles. The highest BCUT2D eigenvalue weighted by molar-refractivity contribution is 5.99. The first-order chi connectivity index (χ1) is 19.1. The lowest BCUT2D eigenvalue weighted by Crippen LogP contribution is -2.47. The van der Waals surface area contributed by atoms with E-state index in [1.165, 1.54) is 12.0 Å². The summed E-state index contributed by atoms with van der Waals surface area (Å²) in [4.78, 5) is 21.8. The van der Waals surface area contributed by atoms with E-state index in [0.29, 0.717) is 30.4 Å². The highest BCUT2D eigenvalue weighted by Gasteiger charge is 2.61. The van der Waals surface area contributed by atoms with Crippen LogP contribution in [0.2, 0.25) is 0 Å². The molecule has 0 spiro atoms. The van der Waals surface area contributed by atoms with Gasteiger partial charge in [-0.25, -0.2) is 13.8 Å². The molecule has 2 saturated carbocycles. The van der Waals surface area contributed by atoms with Crippen LogP contribution in [0.4, 0.5) is 14.6 Å². The molecule has 1 aromatic heterocycles. The molecule has 0 unspecified atom stereocenters. The van der Waals surface area contributed by atoms with Crippen LogP contribution in [0.15, 0.2) is 36.5 Å². The molecule has 7 nitrogen and oxygen atoms in total. The monoisotopic (exact) mass is 553 g/mol. The number of nitrogen functional groups attached to an aromatic ring is 1. The zero-order chi connectivity index (χ0) is 28.1. The van der Waals surface area contributed by atoms with Crippen LogP contribution in [0, 0.1) is 5.92 Å². The van der Waals surface area contributed by atoms with Crippen LogP contribution in [-0.2, 0) is 5.41 Å². The van der Waals surface area contributed by atoms with Crippen molar-refractivity contribution < 1.29 is 18.7 Å². The fourth-order valence-corrected chi connectivity index (χ4v) is 7.37. The Hall–Kier alpha value is -2.62. The maximum Gasteiger partial charge on any atom is 0.257 e. The smallest absolute Gasteiger partial charge is 0.257 e. The Morgan fingerprint density at radius 2 is 1.82 bits per heavy atom. The molecule has 4 fully saturated rings. The predicted molar refractivity (Wildman–Crippen MR) is 151 cm³/mol. The minimum Gasteiger partial charge on any atom is -0.393 e. The maximum absolute atomic E-state index is 13.4. The highest BCUT2D eigenvalue weighted by atomic mass is 19.3. The second kappa shape index (κ2) is 10.7. The van der Waals surface area contributed by atoms with E-state index >= 15 is 0 Å². The number of amides is 1. The largest absolute Gasteiger partial charge is 0.393 e. The van der Waals surface area contributed by atoms with Crippen molar-refractivity contribution in [2.75, 3.05) is 38.5 Å². The van der Waals surface area contributed by atoms with Crippen LogP contribution in [0.25, 0.3) is 11.1 Å². The molecule has 40 heavy (non-hydrogen) atoms. The Bertz CT molecular complexity index is 1220. The van der Waals surface area contributed by atoms with Gasteiger partial charge in [0.05, 0.1) is 18.2 Å². The number of aliphatic hydroxyl groups is 1. The number of nitrogens with zero attached hydrogens (tertiary/aromatic N) is 3. The first-order valence-corrected chi connectivity index (χ1v) is 14.8. The van der Waals surface area contributed by atoms with Crippen LogP contribution in [0.1, 0.15) is 67.8 Å². The molecular formula is C31H41F2N5O2. The minimum absolute atomic E-state index is 0.0450. The van der Waals surface area contributed by atoms with Gasteiger partial charge >= 0.3 is 0 Å². The lowest BCUT2D eigenvalue weighted by atomic mass is 9.92. The molecule has 216 valence electrons. The Morgan fingerprint density at radius 1 is 1.12 bits per heavy atom. The normalized spacial score (nSPS) is 29.8. The zero-order valence-corrected chi connectivity index (χ0v) is 23.3. The average molecular weight is 554 g/mol. The molecule has 1 amide bonds. The van der Waals surface area contributed by atoms with E-state index in [2.05, 4.69) is 39.5 Å². The topological polar surface area (TPSA) is 94.7 Å². The van der Waals surface area contributed by atoms with Crippen molar-refractivity contribution in [3.8, 4) is 11.1 Å². The molecule has 1 aromatic carbocycles. The molecule has 4 aliphatic rings. The molecule has 2 atom stereocenters. The third kappa shape index (κ3) is 5.74. The number of alkyl halides is 2. The number of halogens is 2. The summed E-state index contributed by atoms with van der Waals surface area (Å²) in [5.41, 5.74) is 9.87. The van der Waals surface area contributed by atoms with Gasteiger partial charge in [-0.3, -0.25) is 14.6 Å². The fourth-order valence-electron chi connectivity index (χ4n) is 7.37. The molecule has 9 heteroatoms. The van der Waals surface area contributed by atoms with Gasteiger partial charge < -0.3 is 16.2 Å². The van der Waals surface area contributed by atoms with Gasteiger partial charge in [0.2, 0.25) is 0 Å². The molecule has 0 bridgehead atoms. The third-order valence-electron chi connectivity index (χ3n) is 9.74. The van der Waals surface area contributed by atoms with Gasteiger partial charge in [0.25, 0.3) is 11.8 Å². The van der Waals surface area contributed by atoms with Crippen molar-refractivity contribution >= 4 is 11.7 Å². The van der Waals surface area contributed by atoms with E-state index in [0.717, 1.165) is 69.9 Å². The average Bonchev–Trinajstić information content (AvgIpc) is 3.50. The van der Waals surface area contributed by atoms with E-state index in [4.69, 9.17) is 5.73 Å². The number of fused-ring (bicyclic) bond motifs is 1. The van der Waals surface area contributed by atoms with Crippen LogP contribution < -0.4 is 11.1 Å².